The number of hydrogen-bond donors (Lipinski definition) is 1. The molecule has 1 N–H and O–H groups in total. The Morgan fingerprint density at radius 1 is 1.15 bits per heavy atom. The highest BCUT2D eigenvalue weighted by Gasteiger charge is 2.50. The first-order chi connectivity index (χ1) is 6.24. The van der Waals surface area contributed by atoms with Crippen molar-refractivity contribution in [3.8, 4) is 0 Å². The van der Waals surface area contributed by atoms with Gasteiger partial charge >= 0.3 is 5.97 Å². The summed E-state index contributed by atoms with van der Waals surface area (Å²) in [5.41, 5.74) is 0. The molecule has 0 spiro atoms. The largest absolute Gasteiger partial charge is 0.481 e. The lowest BCUT2D eigenvalue weighted by Crippen LogP contribution is -2.59. The van der Waals surface area contributed by atoms with Crippen LogP contribution < -0.4 is 0 Å². The van der Waals surface area contributed by atoms with Gasteiger partial charge in [0.25, 0.3) is 0 Å². The van der Waals surface area contributed by atoms with Gasteiger partial charge in [0.15, 0.2) is 0 Å². The van der Waals surface area contributed by atoms with E-state index in [2.05, 4.69) is 4.90 Å². The smallest absolute Gasteiger partial charge is 0.307 e. The molecule has 3 heteroatoms. The maximum atomic E-state index is 11.1. The molecule has 0 amide bonds. The summed E-state index contributed by atoms with van der Waals surface area (Å²) in [5.74, 6) is 1.17. The average molecular weight is 181 g/mol. The van der Waals surface area contributed by atoms with E-state index in [0.29, 0.717) is 11.8 Å². The normalized spacial score (nSPS) is 52.5. The second-order valence-corrected chi connectivity index (χ2v) is 4.94. The second kappa shape index (κ2) is 2.47. The first kappa shape index (κ1) is 7.80. The summed E-state index contributed by atoms with van der Waals surface area (Å²) in [5, 5.41) is 9.13. The number of aliphatic carboxylic acids is 1. The van der Waals surface area contributed by atoms with Crippen molar-refractivity contribution in [2.45, 2.75) is 12.8 Å². The SMILES string of the molecule is O=C(O)C1[C@@H]2CC3C[C@H]1CN(C3)C2. The number of carboxylic acid groups (broad SMARTS) is 1. The molecule has 3 nitrogen and oxygen atoms in total. The van der Waals surface area contributed by atoms with Crippen molar-refractivity contribution in [2.75, 3.05) is 19.6 Å². The number of carbonyl (C=O) groups is 1. The Bertz CT molecular complexity index is 223. The zero-order valence-electron chi connectivity index (χ0n) is 7.65. The van der Waals surface area contributed by atoms with Crippen LogP contribution in [-0.4, -0.2) is 35.6 Å². The molecule has 72 valence electrons. The third kappa shape index (κ3) is 1.03. The standard InChI is InChI=1S/C10H15NO2/c12-10(13)9-7-1-6-2-8(9)5-11(3-6)4-7/h6-9H,1-5H2,(H,12,13)/t6?,7-,8+,9?. The van der Waals surface area contributed by atoms with Crippen molar-refractivity contribution < 1.29 is 9.90 Å². The predicted octanol–water partition coefficient (Wildman–Crippen LogP) is 0.659. The Balaban J connectivity index is 1.89. The van der Waals surface area contributed by atoms with Crippen LogP contribution in [0.1, 0.15) is 12.8 Å². The molecule has 0 aromatic heterocycles. The minimum Gasteiger partial charge on any atom is -0.481 e. The molecule has 3 unspecified atom stereocenters. The molecule has 13 heavy (non-hydrogen) atoms. The van der Waals surface area contributed by atoms with E-state index in [0.717, 1.165) is 19.0 Å². The zero-order chi connectivity index (χ0) is 9.00. The van der Waals surface area contributed by atoms with Gasteiger partial charge in [-0.3, -0.25) is 4.79 Å². The summed E-state index contributed by atoms with van der Waals surface area (Å²) in [6.45, 7) is 3.33. The second-order valence-electron chi connectivity index (χ2n) is 4.94. The average Bonchev–Trinajstić information content (AvgIpc) is 2.00. The fourth-order valence-corrected chi connectivity index (χ4v) is 3.81. The first-order valence-electron chi connectivity index (χ1n) is 5.19. The lowest BCUT2D eigenvalue weighted by Gasteiger charge is -2.54. The van der Waals surface area contributed by atoms with Crippen LogP contribution in [0.3, 0.4) is 0 Å². The van der Waals surface area contributed by atoms with Crippen LogP contribution in [-0.2, 0) is 4.79 Å². The minimum atomic E-state index is -0.546. The lowest BCUT2D eigenvalue weighted by molar-refractivity contribution is -0.157. The van der Waals surface area contributed by atoms with Crippen LogP contribution >= 0.6 is 0 Å². The van der Waals surface area contributed by atoms with E-state index in [-0.39, 0.29) is 5.92 Å². The van der Waals surface area contributed by atoms with Gasteiger partial charge < -0.3 is 10.0 Å². The molecule has 3 saturated heterocycles. The molecular formula is C10H15NO2. The summed E-state index contributed by atoms with van der Waals surface area (Å²) in [7, 11) is 0. The summed E-state index contributed by atoms with van der Waals surface area (Å²) >= 11 is 0. The summed E-state index contributed by atoms with van der Waals surface area (Å²) in [6, 6.07) is 0. The molecule has 5 atom stereocenters. The number of rotatable bonds is 1. The van der Waals surface area contributed by atoms with Gasteiger partial charge in [-0.25, -0.2) is 0 Å². The fourth-order valence-electron chi connectivity index (χ4n) is 3.81. The van der Waals surface area contributed by atoms with E-state index < -0.39 is 5.97 Å². The Morgan fingerprint density at radius 2 is 1.77 bits per heavy atom. The molecule has 3 heterocycles. The van der Waals surface area contributed by atoms with Crippen LogP contribution in [0.15, 0.2) is 0 Å². The minimum absolute atomic E-state index is 0.0206. The highest BCUT2D eigenvalue weighted by molar-refractivity contribution is 5.71. The van der Waals surface area contributed by atoms with Crippen LogP contribution in [0.5, 0.6) is 0 Å². The van der Waals surface area contributed by atoms with Crippen molar-refractivity contribution >= 4 is 5.97 Å². The molecule has 4 aliphatic rings. The molecule has 0 aromatic carbocycles. The summed E-state index contributed by atoms with van der Waals surface area (Å²) in [4.78, 5) is 13.5. The van der Waals surface area contributed by atoms with Crippen molar-refractivity contribution in [3.63, 3.8) is 0 Å². The Labute approximate surface area is 77.7 Å². The van der Waals surface area contributed by atoms with Crippen LogP contribution in [0.2, 0.25) is 0 Å². The third-order valence-electron chi connectivity index (χ3n) is 4.07. The van der Waals surface area contributed by atoms with E-state index in [4.69, 9.17) is 5.11 Å². The van der Waals surface area contributed by atoms with Gasteiger partial charge in [0, 0.05) is 19.6 Å². The molecule has 0 radical (unpaired) electrons. The zero-order valence-corrected chi connectivity index (χ0v) is 7.65. The van der Waals surface area contributed by atoms with Crippen molar-refractivity contribution in [2.24, 2.45) is 23.7 Å². The summed E-state index contributed by atoms with van der Waals surface area (Å²) < 4.78 is 0. The molecule has 3 aliphatic heterocycles. The number of nitrogens with zero attached hydrogens (tertiary/aromatic N) is 1. The number of carboxylic acids is 1. The van der Waals surface area contributed by atoms with E-state index >= 15 is 0 Å². The van der Waals surface area contributed by atoms with Gasteiger partial charge in [-0.1, -0.05) is 0 Å². The molecule has 4 bridgehead atoms. The molecular weight excluding hydrogens is 166 g/mol. The van der Waals surface area contributed by atoms with Crippen LogP contribution in [0.25, 0.3) is 0 Å². The highest BCUT2D eigenvalue weighted by Crippen LogP contribution is 2.46. The molecule has 1 saturated carbocycles. The molecule has 1 aliphatic carbocycles. The first-order valence-corrected chi connectivity index (χ1v) is 5.19. The van der Waals surface area contributed by atoms with Crippen LogP contribution in [0, 0.1) is 23.7 Å². The van der Waals surface area contributed by atoms with Gasteiger partial charge in [-0.2, -0.15) is 0 Å². The summed E-state index contributed by atoms with van der Waals surface area (Å²) in [6.07, 6.45) is 2.34. The monoisotopic (exact) mass is 181 g/mol. The molecule has 4 fully saturated rings. The van der Waals surface area contributed by atoms with E-state index in [1.54, 1.807) is 0 Å². The van der Waals surface area contributed by atoms with E-state index in [1.165, 1.54) is 19.4 Å². The van der Waals surface area contributed by atoms with Gasteiger partial charge in [0.2, 0.25) is 0 Å². The van der Waals surface area contributed by atoms with Crippen molar-refractivity contribution in [1.29, 1.82) is 0 Å². The van der Waals surface area contributed by atoms with Crippen molar-refractivity contribution in [1.82, 2.24) is 4.90 Å². The van der Waals surface area contributed by atoms with E-state index in [9.17, 15) is 4.79 Å². The van der Waals surface area contributed by atoms with Gasteiger partial charge in [0.1, 0.15) is 0 Å². The van der Waals surface area contributed by atoms with Crippen LogP contribution in [0.4, 0.5) is 0 Å². The maximum absolute atomic E-state index is 11.1. The highest BCUT2D eigenvalue weighted by atomic mass is 16.4. The van der Waals surface area contributed by atoms with Gasteiger partial charge in [-0.15, -0.1) is 0 Å². The number of hydrogen-bond acceptors (Lipinski definition) is 2. The predicted molar refractivity (Wildman–Crippen MR) is 47.3 cm³/mol. The van der Waals surface area contributed by atoms with Crippen molar-refractivity contribution in [3.05, 3.63) is 0 Å². The number of piperidine rings is 3. The van der Waals surface area contributed by atoms with Gasteiger partial charge in [0.05, 0.1) is 5.92 Å². The fraction of sp³-hybridized carbons (Fsp3) is 0.900. The van der Waals surface area contributed by atoms with Gasteiger partial charge in [-0.05, 0) is 30.6 Å². The topological polar surface area (TPSA) is 40.5 Å². The van der Waals surface area contributed by atoms with E-state index in [1.807, 2.05) is 0 Å². The molecule has 0 aromatic rings. The Kier molecular flexibility index (Phi) is 1.48. The third-order valence-corrected chi connectivity index (χ3v) is 4.07. The maximum Gasteiger partial charge on any atom is 0.307 e. The molecule has 4 rings (SSSR count). The Hall–Kier alpha value is -0.570. The quantitative estimate of drug-likeness (QED) is 0.646. The lowest BCUT2D eigenvalue weighted by atomic mass is 9.62. The Morgan fingerprint density at radius 3 is 2.23 bits per heavy atom.